The number of urea groups is 1. The van der Waals surface area contributed by atoms with Crippen LogP contribution in [0.4, 0.5) is 4.79 Å². The summed E-state index contributed by atoms with van der Waals surface area (Å²) in [5.41, 5.74) is 4.40. The number of halogens is 1. The molecule has 1 aromatic heterocycles. The van der Waals surface area contributed by atoms with Gasteiger partial charge in [-0.15, -0.1) is 0 Å². The highest BCUT2D eigenvalue weighted by Gasteiger charge is 2.35. The molecule has 0 saturated carbocycles. The molecule has 0 bridgehead atoms. The number of nitrogens with zero attached hydrogens (tertiary/aromatic N) is 3. The van der Waals surface area contributed by atoms with E-state index in [-0.39, 0.29) is 6.03 Å². The first-order valence-electron chi connectivity index (χ1n) is 11.0. The molecule has 1 aliphatic heterocycles. The van der Waals surface area contributed by atoms with E-state index in [0.717, 1.165) is 34.4 Å². The Kier molecular flexibility index (Phi) is 7.11. The molecule has 0 saturated heterocycles. The molecule has 8 heteroatoms. The van der Waals surface area contributed by atoms with Gasteiger partial charge in [0, 0.05) is 36.0 Å². The Morgan fingerprint density at radius 2 is 1.97 bits per heavy atom. The largest absolute Gasteiger partial charge is 0.382 e. The van der Waals surface area contributed by atoms with Crippen LogP contribution in [0.3, 0.4) is 0 Å². The number of amides is 2. The van der Waals surface area contributed by atoms with Crippen LogP contribution in [0, 0.1) is 6.92 Å². The first-order valence-corrected chi connectivity index (χ1v) is 11.4. The number of carbonyl (C=O) groups is 1. The predicted octanol–water partition coefficient (Wildman–Crippen LogP) is 5.62. The molecule has 2 aromatic carbocycles. The zero-order valence-corrected chi connectivity index (χ0v) is 19.7. The molecular formula is C25H27ClN4O3. The second kappa shape index (κ2) is 10.2. The van der Waals surface area contributed by atoms with Crippen molar-refractivity contribution in [2.45, 2.75) is 33.2 Å². The number of hydrogen-bond acceptors (Lipinski definition) is 5. The van der Waals surface area contributed by atoms with E-state index in [1.54, 1.807) is 17.0 Å². The minimum atomic E-state index is -0.441. The van der Waals surface area contributed by atoms with Crippen molar-refractivity contribution >= 4 is 23.2 Å². The van der Waals surface area contributed by atoms with Crippen molar-refractivity contribution < 1.29 is 14.1 Å². The van der Waals surface area contributed by atoms with Gasteiger partial charge in [0.15, 0.2) is 0 Å². The second-order valence-electron chi connectivity index (χ2n) is 7.93. The smallest absolute Gasteiger partial charge is 0.322 e. The van der Waals surface area contributed by atoms with E-state index in [0.29, 0.717) is 36.5 Å². The van der Waals surface area contributed by atoms with Crippen LogP contribution in [0.15, 0.2) is 58.8 Å². The van der Waals surface area contributed by atoms with E-state index in [2.05, 4.69) is 10.5 Å². The van der Waals surface area contributed by atoms with Gasteiger partial charge in [-0.2, -0.15) is 4.98 Å². The number of allylic oxidation sites excluding steroid dienone is 1. The van der Waals surface area contributed by atoms with Gasteiger partial charge in [-0.1, -0.05) is 52.7 Å². The summed E-state index contributed by atoms with van der Waals surface area (Å²) in [6.07, 6.45) is 0.718. The summed E-state index contributed by atoms with van der Waals surface area (Å²) in [6.45, 7) is 7.64. The van der Waals surface area contributed by atoms with Gasteiger partial charge < -0.3 is 14.6 Å². The van der Waals surface area contributed by atoms with Crippen molar-refractivity contribution in [2.75, 3.05) is 19.8 Å². The highest BCUT2D eigenvalue weighted by atomic mass is 35.5. The molecule has 2 amide bonds. The highest BCUT2D eigenvalue weighted by molar-refractivity contribution is 6.30. The zero-order valence-electron chi connectivity index (χ0n) is 19.0. The van der Waals surface area contributed by atoms with Crippen molar-refractivity contribution in [3.63, 3.8) is 0 Å². The van der Waals surface area contributed by atoms with Crippen molar-refractivity contribution in [3.8, 4) is 11.4 Å². The second-order valence-corrected chi connectivity index (χ2v) is 8.36. The third-order valence-corrected chi connectivity index (χ3v) is 5.86. The number of ether oxygens (including phenoxy) is 1. The Hall–Kier alpha value is -3.16. The SMILES string of the molecule is CCOCCCN1C(=O)NC(c2ccc(Cl)cc2)C(c2nc(-c3cccc(C)c3)no2)=C1C. The monoisotopic (exact) mass is 466 g/mol. The summed E-state index contributed by atoms with van der Waals surface area (Å²) < 4.78 is 11.2. The van der Waals surface area contributed by atoms with E-state index in [9.17, 15) is 4.79 Å². The number of benzene rings is 2. The number of rotatable bonds is 8. The molecule has 1 unspecified atom stereocenters. The molecule has 4 rings (SSSR count). The Bertz CT molecular complexity index is 1160. The third-order valence-electron chi connectivity index (χ3n) is 5.61. The lowest BCUT2D eigenvalue weighted by atomic mass is 9.94. The molecule has 0 radical (unpaired) electrons. The molecular weight excluding hydrogens is 440 g/mol. The summed E-state index contributed by atoms with van der Waals surface area (Å²) in [6, 6.07) is 14.7. The lowest BCUT2D eigenvalue weighted by molar-refractivity contribution is 0.136. The van der Waals surface area contributed by atoms with Gasteiger partial charge >= 0.3 is 6.03 Å². The molecule has 1 aliphatic rings. The summed E-state index contributed by atoms with van der Waals surface area (Å²) in [5, 5.41) is 7.94. The van der Waals surface area contributed by atoms with Crippen LogP contribution >= 0.6 is 11.6 Å². The fourth-order valence-electron chi connectivity index (χ4n) is 3.94. The molecule has 0 spiro atoms. The van der Waals surface area contributed by atoms with E-state index >= 15 is 0 Å². The van der Waals surface area contributed by atoms with E-state index in [4.69, 9.17) is 25.8 Å². The number of aryl methyl sites for hydroxylation is 1. The standard InChI is InChI=1S/C25H27ClN4O3/c1-4-32-14-6-13-30-17(3)21(22(27-25(30)31)18-9-11-20(26)12-10-18)24-28-23(29-33-24)19-8-5-7-16(2)15-19/h5,7-12,15,22H,4,6,13-14H2,1-3H3,(H,27,31). The van der Waals surface area contributed by atoms with Crippen LogP contribution < -0.4 is 5.32 Å². The Morgan fingerprint density at radius 1 is 1.18 bits per heavy atom. The third kappa shape index (κ3) is 5.10. The van der Waals surface area contributed by atoms with Gasteiger partial charge in [-0.3, -0.25) is 4.90 Å². The maximum absolute atomic E-state index is 13.0. The van der Waals surface area contributed by atoms with Crippen molar-refractivity contribution in [2.24, 2.45) is 0 Å². The lowest BCUT2D eigenvalue weighted by Crippen LogP contribution is -2.46. The van der Waals surface area contributed by atoms with Gasteiger partial charge in [0.2, 0.25) is 5.82 Å². The summed E-state index contributed by atoms with van der Waals surface area (Å²) in [7, 11) is 0. The van der Waals surface area contributed by atoms with Gasteiger partial charge in [-0.05, 0) is 51.0 Å². The van der Waals surface area contributed by atoms with Crippen LogP contribution in [-0.2, 0) is 4.74 Å². The quantitative estimate of drug-likeness (QED) is 0.435. The number of carbonyl (C=O) groups excluding carboxylic acids is 1. The molecule has 1 N–H and O–H groups in total. The van der Waals surface area contributed by atoms with Crippen molar-refractivity contribution in [1.29, 1.82) is 0 Å². The van der Waals surface area contributed by atoms with Crippen LogP contribution in [0.5, 0.6) is 0 Å². The molecule has 33 heavy (non-hydrogen) atoms. The summed E-state index contributed by atoms with van der Waals surface area (Å²) >= 11 is 6.09. The average Bonchev–Trinajstić information content (AvgIpc) is 3.28. The first kappa shape index (κ1) is 23.0. The van der Waals surface area contributed by atoms with Gasteiger partial charge in [0.1, 0.15) is 0 Å². The highest BCUT2D eigenvalue weighted by Crippen LogP contribution is 2.37. The minimum Gasteiger partial charge on any atom is -0.382 e. The summed E-state index contributed by atoms with van der Waals surface area (Å²) in [4.78, 5) is 19.4. The van der Waals surface area contributed by atoms with Crippen molar-refractivity contribution in [1.82, 2.24) is 20.4 Å². The first-order chi connectivity index (χ1) is 16.0. The predicted molar refractivity (Wildman–Crippen MR) is 128 cm³/mol. The van der Waals surface area contributed by atoms with Crippen molar-refractivity contribution in [3.05, 3.63) is 76.3 Å². The average molecular weight is 467 g/mol. The van der Waals surface area contributed by atoms with Crippen LogP contribution in [0.25, 0.3) is 17.0 Å². The van der Waals surface area contributed by atoms with Crippen LogP contribution in [-0.4, -0.2) is 40.8 Å². The number of hydrogen-bond donors (Lipinski definition) is 1. The maximum atomic E-state index is 13.0. The summed E-state index contributed by atoms with van der Waals surface area (Å²) in [5.74, 6) is 0.877. The van der Waals surface area contributed by atoms with Crippen LogP contribution in [0.1, 0.15) is 43.3 Å². The fraction of sp³-hybridized carbons (Fsp3) is 0.320. The molecule has 2 heterocycles. The van der Waals surface area contributed by atoms with Gasteiger partial charge in [-0.25, -0.2) is 4.79 Å². The van der Waals surface area contributed by atoms with Crippen LogP contribution in [0.2, 0.25) is 5.02 Å². The molecule has 7 nitrogen and oxygen atoms in total. The van der Waals surface area contributed by atoms with Gasteiger partial charge in [0.05, 0.1) is 11.6 Å². The molecule has 0 aliphatic carbocycles. The van der Waals surface area contributed by atoms with Gasteiger partial charge in [0.25, 0.3) is 5.89 Å². The Morgan fingerprint density at radius 3 is 2.70 bits per heavy atom. The molecule has 3 aromatic rings. The van der Waals surface area contributed by atoms with E-state index < -0.39 is 6.04 Å². The minimum absolute atomic E-state index is 0.175. The molecule has 1 atom stereocenters. The molecule has 172 valence electrons. The lowest BCUT2D eigenvalue weighted by Gasteiger charge is -2.35. The fourth-order valence-corrected chi connectivity index (χ4v) is 4.06. The van der Waals surface area contributed by atoms with E-state index in [1.807, 2.05) is 57.2 Å². The number of aromatic nitrogens is 2. The Labute approximate surface area is 198 Å². The Balaban J connectivity index is 1.74. The maximum Gasteiger partial charge on any atom is 0.322 e. The van der Waals surface area contributed by atoms with E-state index in [1.165, 1.54) is 0 Å². The zero-order chi connectivity index (χ0) is 23.4. The normalized spacial score (nSPS) is 16.3. The topological polar surface area (TPSA) is 80.5 Å². The number of nitrogens with one attached hydrogen (secondary N) is 1. The molecule has 0 fully saturated rings.